The molecule has 1 atom stereocenters. The van der Waals surface area contributed by atoms with Crippen molar-refractivity contribution in [1.82, 2.24) is 20.1 Å². The standard InChI is InChI=1S/C18H26N4O/c1-6-17-14(4)21-22(15(17)5)11-18(23)20-13(3)10-16-9-7-8-12(2)19-16/h7-9,13H,6,10-11H2,1-5H3,(H,20,23). The van der Waals surface area contributed by atoms with E-state index in [2.05, 4.69) is 22.3 Å². The van der Waals surface area contributed by atoms with Gasteiger partial charge in [-0.15, -0.1) is 0 Å². The van der Waals surface area contributed by atoms with Crippen LogP contribution >= 0.6 is 0 Å². The SMILES string of the molecule is CCc1c(C)nn(CC(=O)NC(C)Cc2cccc(C)n2)c1C. The number of aromatic nitrogens is 3. The van der Waals surface area contributed by atoms with Gasteiger partial charge in [0.1, 0.15) is 6.54 Å². The number of carbonyl (C=O) groups excluding carboxylic acids is 1. The third-order valence-corrected chi connectivity index (χ3v) is 4.05. The van der Waals surface area contributed by atoms with Crippen LogP contribution in [0.2, 0.25) is 0 Å². The average Bonchev–Trinajstić information content (AvgIpc) is 2.72. The van der Waals surface area contributed by atoms with Crippen LogP contribution in [0.4, 0.5) is 0 Å². The van der Waals surface area contributed by atoms with Crippen molar-refractivity contribution < 1.29 is 4.79 Å². The molecule has 0 aliphatic heterocycles. The van der Waals surface area contributed by atoms with E-state index in [0.29, 0.717) is 0 Å². The Bertz CT molecular complexity index is 690. The van der Waals surface area contributed by atoms with Gasteiger partial charge in [0.2, 0.25) is 5.91 Å². The summed E-state index contributed by atoms with van der Waals surface area (Å²) in [5.74, 6) is -0.0154. The van der Waals surface area contributed by atoms with Gasteiger partial charge in [0.15, 0.2) is 0 Å². The maximum atomic E-state index is 12.2. The number of rotatable bonds is 6. The fraction of sp³-hybridized carbons (Fsp3) is 0.500. The summed E-state index contributed by atoms with van der Waals surface area (Å²) in [5.41, 5.74) is 5.31. The van der Waals surface area contributed by atoms with Gasteiger partial charge in [-0.05, 0) is 51.8 Å². The van der Waals surface area contributed by atoms with Crippen molar-refractivity contribution in [3.63, 3.8) is 0 Å². The molecule has 0 saturated heterocycles. The Kier molecular flexibility index (Phi) is 5.53. The lowest BCUT2D eigenvalue weighted by Gasteiger charge is -2.14. The number of nitrogens with zero attached hydrogens (tertiary/aromatic N) is 3. The molecule has 2 aromatic rings. The van der Waals surface area contributed by atoms with Crippen LogP contribution in [-0.2, 0) is 24.2 Å². The average molecular weight is 314 g/mol. The zero-order chi connectivity index (χ0) is 17.0. The first-order chi connectivity index (χ1) is 10.9. The number of pyridine rings is 1. The third-order valence-electron chi connectivity index (χ3n) is 4.05. The van der Waals surface area contributed by atoms with E-state index in [-0.39, 0.29) is 18.5 Å². The quantitative estimate of drug-likeness (QED) is 0.891. The molecule has 1 unspecified atom stereocenters. The van der Waals surface area contributed by atoms with Gasteiger partial charge in [-0.2, -0.15) is 5.10 Å². The second-order valence-corrected chi connectivity index (χ2v) is 6.10. The lowest BCUT2D eigenvalue weighted by atomic mass is 10.1. The van der Waals surface area contributed by atoms with Crippen LogP contribution in [0, 0.1) is 20.8 Å². The zero-order valence-electron chi connectivity index (χ0n) is 14.7. The number of amides is 1. The summed E-state index contributed by atoms with van der Waals surface area (Å²) < 4.78 is 1.79. The van der Waals surface area contributed by atoms with Crippen LogP contribution in [0.25, 0.3) is 0 Å². The van der Waals surface area contributed by atoms with Gasteiger partial charge in [0.25, 0.3) is 0 Å². The molecule has 0 aliphatic carbocycles. The summed E-state index contributed by atoms with van der Waals surface area (Å²) in [5, 5.41) is 7.50. The molecule has 0 fully saturated rings. The normalized spacial score (nSPS) is 12.2. The van der Waals surface area contributed by atoms with E-state index in [9.17, 15) is 4.79 Å². The predicted molar refractivity (Wildman–Crippen MR) is 91.4 cm³/mol. The Morgan fingerprint density at radius 3 is 2.65 bits per heavy atom. The second-order valence-electron chi connectivity index (χ2n) is 6.10. The van der Waals surface area contributed by atoms with Crippen LogP contribution in [0.1, 0.15) is 42.2 Å². The molecule has 1 amide bonds. The molecule has 124 valence electrons. The number of hydrogen-bond acceptors (Lipinski definition) is 3. The molecule has 0 radical (unpaired) electrons. The number of carbonyl (C=O) groups is 1. The molecule has 0 saturated carbocycles. The van der Waals surface area contributed by atoms with Gasteiger partial charge < -0.3 is 5.32 Å². The lowest BCUT2D eigenvalue weighted by Crippen LogP contribution is -2.37. The minimum atomic E-state index is -0.0154. The van der Waals surface area contributed by atoms with Gasteiger partial charge in [0.05, 0.1) is 5.69 Å². The fourth-order valence-corrected chi connectivity index (χ4v) is 2.93. The Morgan fingerprint density at radius 2 is 2.04 bits per heavy atom. The van der Waals surface area contributed by atoms with Crippen molar-refractivity contribution >= 4 is 5.91 Å². The van der Waals surface area contributed by atoms with Crippen molar-refractivity contribution in [2.45, 2.75) is 60.0 Å². The van der Waals surface area contributed by atoms with Gasteiger partial charge in [-0.25, -0.2) is 0 Å². The van der Waals surface area contributed by atoms with Crippen molar-refractivity contribution in [3.8, 4) is 0 Å². The molecule has 0 aromatic carbocycles. The fourth-order valence-electron chi connectivity index (χ4n) is 2.93. The first-order valence-corrected chi connectivity index (χ1v) is 8.15. The third kappa shape index (κ3) is 4.41. The Morgan fingerprint density at radius 1 is 1.30 bits per heavy atom. The molecular weight excluding hydrogens is 288 g/mol. The van der Waals surface area contributed by atoms with Crippen LogP contribution in [-0.4, -0.2) is 26.7 Å². The highest BCUT2D eigenvalue weighted by Gasteiger charge is 2.14. The Labute approximate surface area is 138 Å². The van der Waals surface area contributed by atoms with Crippen LogP contribution in [0.5, 0.6) is 0 Å². The van der Waals surface area contributed by atoms with Crippen molar-refractivity contribution in [2.24, 2.45) is 0 Å². The molecule has 5 nitrogen and oxygen atoms in total. The van der Waals surface area contributed by atoms with Gasteiger partial charge in [-0.3, -0.25) is 14.5 Å². The largest absolute Gasteiger partial charge is 0.352 e. The molecule has 2 rings (SSSR count). The zero-order valence-corrected chi connectivity index (χ0v) is 14.7. The van der Waals surface area contributed by atoms with Crippen LogP contribution in [0.3, 0.4) is 0 Å². The summed E-state index contributed by atoms with van der Waals surface area (Å²) in [6.45, 7) is 10.4. The van der Waals surface area contributed by atoms with E-state index in [1.165, 1.54) is 5.56 Å². The molecule has 0 bridgehead atoms. The first kappa shape index (κ1) is 17.2. The van der Waals surface area contributed by atoms with Crippen molar-refractivity contribution in [1.29, 1.82) is 0 Å². The van der Waals surface area contributed by atoms with Crippen molar-refractivity contribution in [3.05, 3.63) is 46.5 Å². The second kappa shape index (κ2) is 7.40. The molecule has 1 N–H and O–H groups in total. The van der Waals surface area contributed by atoms with E-state index in [4.69, 9.17) is 0 Å². The van der Waals surface area contributed by atoms with Gasteiger partial charge >= 0.3 is 0 Å². The highest BCUT2D eigenvalue weighted by molar-refractivity contribution is 5.76. The number of hydrogen-bond donors (Lipinski definition) is 1. The maximum absolute atomic E-state index is 12.2. The molecule has 2 aromatic heterocycles. The highest BCUT2D eigenvalue weighted by atomic mass is 16.2. The van der Waals surface area contributed by atoms with Crippen LogP contribution < -0.4 is 5.32 Å². The van der Waals surface area contributed by atoms with E-state index in [1.807, 2.05) is 45.9 Å². The molecular formula is C18H26N4O. The van der Waals surface area contributed by atoms with E-state index in [1.54, 1.807) is 4.68 Å². The predicted octanol–water partition coefficient (Wildman–Crippen LogP) is 2.51. The van der Waals surface area contributed by atoms with Crippen LogP contribution in [0.15, 0.2) is 18.2 Å². The monoisotopic (exact) mass is 314 g/mol. The van der Waals surface area contributed by atoms with Gasteiger partial charge in [-0.1, -0.05) is 13.0 Å². The minimum absolute atomic E-state index is 0.0154. The van der Waals surface area contributed by atoms with Crippen molar-refractivity contribution in [2.75, 3.05) is 0 Å². The first-order valence-electron chi connectivity index (χ1n) is 8.15. The van der Waals surface area contributed by atoms with E-state index < -0.39 is 0 Å². The smallest absolute Gasteiger partial charge is 0.241 e. The Hall–Kier alpha value is -2.17. The number of nitrogens with one attached hydrogen (secondary N) is 1. The van der Waals surface area contributed by atoms with E-state index >= 15 is 0 Å². The topological polar surface area (TPSA) is 59.8 Å². The summed E-state index contributed by atoms with van der Waals surface area (Å²) >= 11 is 0. The lowest BCUT2D eigenvalue weighted by molar-refractivity contribution is -0.122. The molecule has 5 heteroatoms. The summed E-state index contributed by atoms with van der Waals surface area (Å²) in [6.07, 6.45) is 1.67. The molecule has 23 heavy (non-hydrogen) atoms. The number of aryl methyl sites for hydroxylation is 2. The summed E-state index contributed by atoms with van der Waals surface area (Å²) in [7, 11) is 0. The highest BCUT2D eigenvalue weighted by Crippen LogP contribution is 2.13. The molecule has 0 spiro atoms. The minimum Gasteiger partial charge on any atom is -0.352 e. The van der Waals surface area contributed by atoms with E-state index in [0.717, 1.165) is 35.6 Å². The maximum Gasteiger partial charge on any atom is 0.241 e. The van der Waals surface area contributed by atoms with Gasteiger partial charge in [0, 0.05) is 29.5 Å². The summed E-state index contributed by atoms with van der Waals surface area (Å²) in [4.78, 5) is 16.7. The molecule has 0 aliphatic rings. The Balaban J connectivity index is 1.94. The molecule has 2 heterocycles. The summed E-state index contributed by atoms with van der Waals surface area (Å²) in [6, 6.07) is 6.00.